The fourth-order valence-electron chi connectivity index (χ4n) is 3.30. The SMILES string of the molecule is CCOc1ccc(C2SC=CN2c2cc(CCO)c(O)c(C(=O)O)c2)cc1OCC. The molecule has 160 valence electrons. The van der Waals surface area contributed by atoms with Crippen molar-refractivity contribution in [3.63, 3.8) is 0 Å². The first kappa shape index (κ1) is 21.9. The van der Waals surface area contributed by atoms with E-state index in [1.165, 1.54) is 6.07 Å². The highest BCUT2D eigenvalue weighted by Gasteiger charge is 2.27. The first-order chi connectivity index (χ1) is 14.5. The van der Waals surface area contributed by atoms with Crippen LogP contribution >= 0.6 is 11.8 Å². The summed E-state index contributed by atoms with van der Waals surface area (Å²) in [4.78, 5) is 13.6. The van der Waals surface area contributed by atoms with Crippen LogP contribution in [-0.4, -0.2) is 41.1 Å². The monoisotopic (exact) mass is 431 g/mol. The Balaban J connectivity index is 2.00. The minimum absolute atomic E-state index is 0.145. The summed E-state index contributed by atoms with van der Waals surface area (Å²) in [5.41, 5.74) is 1.78. The van der Waals surface area contributed by atoms with Crippen molar-refractivity contribution in [1.82, 2.24) is 0 Å². The Morgan fingerprint density at radius 2 is 1.87 bits per heavy atom. The third-order valence-corrected chi connectivity index (χ3v) is 5.65. The highest BCUT2D eigenvalue weighted by molar-refractivity contribution is 8.02. The number of carboxylic acid groups (broad SMARTS) is 1. The molecule has 1 heterocycles. The fraction of sp³-hybridized carbons (Fsp3) is 0.318. The van der Waals surface area contributed by atoms with E-state index in [4.69, 9.17) is 9.47 Å². The smallest absolute Gasteiger partial charge is 0.339 e. The highest BCUT2D eigenvalue weighted by Crippen LogP contribution is 2.45. The Bertz CT molecular complexity index is 945. The average Bonchev–Trinajstić information content (AvgIpc) is 3.21. The number of carboxylic acids is 1. The standard InChI is InChI=1S/C22H25NO6S/c1-3-28-18-6-5-15(12-19(18)29-4-2)21-23(8-10-30-21)16-11-14(7-9-24)20(25)17(13-16)22(26)27/h5-6,8,10-13,21,24-25H,3-4,7,9H2,1-2H3,(H,26,27). The zero-order chi connectivity index (χ0) is 21.7. The lowest BCUT2D eigenvalue weighted by atomic mass is 10.0. The number of benzene rings is 2. The molecule has 1 aliphatic rings. The second-order valence-electron chi connectivity index (χ2n) is 6.53. The van der Waals surface area contributed by atoms with E-state index in [-0.39, 0.29) is 29.7 Å². The summed E-state index contributed by atoms with van der Waals surface area (Å²) in [7, 11) is 0. The molecule has 0 spiro atoms. The number of aromatic hydroxyl groups is 1. The summed E-state index contributed by atoms with van der Waals surface area (Å²) in [6.07, 6.45) is 2.03. The molecule has 2 aromatic rings. The third-order valence-electron chi connectivity index (χ3n) is 4.62. The Morgan fingerprint density at radius 1 is 1.13 bits per heavy atom. The van der Waals surface area contributed by atoms with Crippen molar-refractivity contribution < 1.29 is 29.6 Å². The molecule has 1 unspecified atom stereocenters. The summed E-state index contributed by atoms with van der Waals surface area (Å²) < 4.78 is 11.4. The first-order valence-corrected chi connectivity index (χ1v) is 10.6. The molecule has 3 rings (SSSR count). The Kier molecular flexibility index (Phi) is 7.12. The lowest BCUT2D eigenvalue weighted by molar-refractivity contribution is 0.0693. The molecule has 0 amide bonds. The predicted molar refractivity (Wildman–Crippen MR) is 117 cm³/mol. The number of aromatic carboxylic acids is 1. The molecule has 0 aromatic heterocycles. The fourth-order valence-corrected chi connectivity index (χ4v) is 4.28. The van der Waals surface area contributed by atoms with E-state index in [1.54, 1.807) is 17.8 Å². The third kappa shape index (κ3) is 4.49. The van der Waals surface area contributed by atoms with Gasteiger partial charge in [0.05, 0.1) is 13.2 Å². The maximum Gasteiger partial charge on any atom is 0.339 e. The van der Waals surface area contributed by atoms with Gasteiger partial charge < -0.3 is 29.7 Å². The number of hydrogen-bond donors (Lipinski definition) is 3. The molecule has 3 N–H and O–H groups in total. The Labute approximate surface area is 179 Å². The van der Waals surface area contributed by atoms with Crippen LogP contribution in [0.3, 0.4) is 0 Å². The maximum absolute atomic E-state index is 11.6. The van der Waals surface area contributed by atoms with Crippen molar-refractivity contribution in [3.8, 4) is 17.2 Å². The molecule has 0 aliphatic carbocycles. The van der Waals surface area contributed by atoms with E-state index in [2.05, 4.69) is 0 Å². The summed E-state index contributed by atoms with van der Waals surface area (Å²) in [6.45, 7) is 4.67. The molecule has 7 nitrogen and oxygen atoms in total. The number of rotatable bonds is 9. The van der Waals surface area contributed by atoms with Crippen LogP contribution in [0.15, 0.2) is 41.9 Å². The Hall–Kier alpha value is -2.84. The second-order valence-corrected chi connectivity index (χ2v) is 7.52. The van der Waals surface area contributed by atoms with Crippen molar-refractivity contribution in [2.24, 2.45) is 0 Å². The molecule has 0 fully saturated rings. The molecule has 2 aromatic carbocycles. The summed E-state index contributed by atoms with van der Waals surface area (Å²) in [6, 6.07) is 8.91. The van der Waals surface area contributed by atoms with Crippen LogP contribution in [0.25, 0.3) is 0 Å². The number of carbonyl (C=O) groups is 1. The average molecular weight is 432 g/mol. The van der Waals surface area contributed by atoms with E-state index in [1.807, 2.05) is 48.6 Å². The molecule has 8 heteroatoms. The van der Waals surface area contributed by atoms with Crippen LogP contribution < -0.4 is 14.4 Å². The number of aliphatic hydroxyl groups is 1. The summed E-state index contributed by atoms with van der Waals surface area (Å²) in [5, 5.41) is 30.8. The highest BCUT2D eigenvalue weighted by atomic mass is 32.2. The number of phenols is 1. The lowest BCUT2D eigenvalue weighted by Crippen LogP contribution is -2.18. The van der Waals surface area contributed by atoms with E-state index >= 15 is 0 Å². The van der Waals surface area contributed by atoms with E-state index in [0.29, 0.717) is 36.0 Å². The number of thioether (sulfide) groups is 1. The van der Waals surface area contributed by atoms with Gasteiger partial charge in [0.2, 0.25) is 0 Å². The second kappa shape index (κ2) is 9.77. The number of nitrogens with zero attached hydrogens (tertiary/aromatic N) is 1. The van der Waals surface area contributed by atoms with Crippen molar-refractivity contribution in [2.45, 2.75) is 25.6 Å². The minimum atomic E-state index is -1.22. The zero-order valence-corrected chi connectivity index (χ0v) is 17.7. The zero-order valence-electron chi connectivity index (χ0n) is 16.9. The van der Waals surface area contributed by atoms with Crippen LogP contribution in [-0.2, 0) is 6.42 Å². The van der Waals surface area contributed by atoms with Gasteiger partial charge in [-0.2, -0.15) is 0 Å². The molecule has 30 heavy (non-hydrogen) atoms. The van der Waals surface area contributed by atoms with E-state index in [0.717, 1.165) is 5.56 Å². The van der Waals surface area contributed by atoms with Gasteiger partial charge in [-0.25, -0.2) is 4.79 Å². The number of anilines is 1. The largest absolute Gasteiger partial charge is 0.507 e. The van der Waals surface area contributed by atoms with Crippen LogP contribution in [0, 0.1) is 0 Å². The van der Waals surface area contributed by atoms with Crippen molar-refractivity contribution >= 4 is 23.4 Å². The molecule has 0 saturated carbocycles. The van der Waals surface area contributed by atoms with E-state index < -0.39 is 5.97 Å². The molecule has 1 aliphatic heterocycles. The summed E-state index contributed by atoms with van der Waals surface area (Å²) >= 11 is 1.57. The minimum Gasteiger partial charge on any atom is -0.507 e. The Morgan fingerprint density at radius 3 is 2.53 bits per heavy atom. The van der Waals surface area contributed by atoms with Gasteiger partial charge in [0.15, 0.2) is 11.5 Å². The van der Waals surface area contributed by atoms with Gasteiger partial charge in [0, 0.05) is 18.5 Å². The van der Waals surface area contributed by atoms with Gasteiger partial charge in [0.1, 0.15) is 16.7 Å². The number of hydrogen-bond acceptors (Lipinski definition) is 7. The molecule has 0 saturated heterocycles. The summed E-state index contributed by atoms with van der Waals surface area (Å²) in [5.74, 6) is -0.205. The van der Waals surface area contributed by atoms with E-state index in [9.17, 15) is 20.1 Å². The molecular weight excluding hydrogens is 406 g/mol. The molecule has 1 atom stereocenters. The van der Waals surface area contributed by atoms with Crippen LogP contribution in [0.4, 0.5) is 5.69 Å². The topological polar surface area (TPSA) is 99.5 Å². The normalized spacial score (nSPS) is 15.4. The molecular formula is C22H25NO6S. The first-order valence-electron chi connectivity index (χ1n) is 9.70. The van der Waals surface area contributed by atoms with Crippen molar-refractivity contribution in [1.29, 1.82) is 0 Å². The van der Waals surface area contributed by atoms with Crippen LogP contribution in [0.5, 0.6) is 17.2 Å². The van der Waals surface area contributed by atoms with Gasteiger partial charge in [-0.1, -0.05) is 6.07 Å². The van der Waals surface area contributed by atoms with Gasteiger partial charge in [-0.3, -0.25) is 0 Å². The number of aliphatic hydroxyl groups excluding tert-OH is 1. The van der Waals surface area contributed by atoms with Crippen molar-refractivity contribution in [2.75, 3.05) is 24.7 Å². The number of ether oxygens (including phenoxy) is 2. The molecule has 0 radical (unpaired) electrons. The van der Waals surface area contributed by atoms with Gasteiger partial charge >= 0.3 is 5.97 Å². The van der Waals surface area contributed by atoms with Gasteiger partial charge in [-0.05, 0) is 61.1 Å². The maximum atomic E-state index is 11.6. The van der Waals surface area contributed by atoms with Crippen molar-refractivity contribution in [3.05, 3.63) is 58.6 Å². The van der Waals surface area contributed by atoms with Crippen LogP contribution in [0.2, 0.25) is 0 Å². The lowest BCUT2D eigenvalue weighted by Gasteiger charge is -2.27. The predicted octanol–water partition coefficient (Wildman–Crippen LogP) is 4.15. The quantitative estimate of drug-likeness (QED) is 0.545. The van der Waals surface area contributed by atoms with Gasteiger partial charge in [-0.15, -0.1) is 11.8 Å². The van der Waals surface area contributed by atoms with Crippen LogP contribution in [0.1, 0.15) is 40.7 Å². The van der Waals surface area contributed by atoms with Gasteiger partial charge in [0.25, 0.3) is 0 Å². The molecule has 0 bridgehead atoms.